The highest BCUT2D eigenvalue weighted by molar-refractivity contribution is 7.13. The summed E-state index contributed by atoms with van der Waals surface area (Å²) in [7, 11) is 0. The first kappa shape index (κ1) is 9.12. The topological polar surface area (TPSA) is 34.1 Å². The first-order valence-electron chi connectivity index (χ1n) is 5.06. The van der Waals surface area contributed by atoms with Crippen LogP contribution in [0.5, 0.6) is 5.75 Å². The van der Waals surface area contributed by atoms with E-state index in [1.807, 2.05) is 13.0 Å². The molecule has 1 aliphatic rings. The van der Waals surface area contributed by atoms with E-state index in [2.05, 4.69) is 21.8 Å². The predicted molar refractivity (Wildman–Crippen MR) is 61.6 cm³/mol. The molecule has 2 heterocycles. The quantitative estimate of drug-likeness (QED) is 0.840. The van der Waals surface area contributed by atoms with E-state index in [-0.39, 0.29) is 0 Å². The van der Waals surface area contributed by atoms with Crippen LogP contribution in [0.4, 0.5) is 0 Å². The molecule has 78 valence electrons. The summed E-state index contributed by atoms with van der Waals surface area (Å²) in [5.41, 5.74) is 1.10. The third-order valence-electron chi connectivity index (χ3n) is 2.67. The maximum atomic E-state index is 5.78. The van der Waals surface area contributed by atoms with Gasteiger partial charge < -0.3 is 10.1 Å². The van der Waals surface area contributed by atoms with E-state index in [0.717, 1.165) is 24.5 Å². The van der Waals surface area contributed by atoms with E-state index in [0.29, 0.717) is 6.10 Å². The first-order chi connectivity index (χ1) is 7.33. The summed E-state index contributed by atoms with van der Waals surface area (Å²) in [6.07, 6.45) is 0.344. The maximum Gasteiger partial charge on any atom is 0.123 e. The molecule has 1 aliphatic heterocycles. The van der Waals surface area contributed by atoms with E-state index in [1.54, 1.807) is 0 Å². The normalized spacial score (nSPS) is 16.6. The molecule has 0 spiro atoms. The molecule has 3 nitrogen and oxygen atoms in total. The van der Waals surface area contributed by atoms with Gasteiger partial charge in [-0.05, 0) is 36.7 Å². The van der Waals surface area contributed by atoms with Crippen LogP contribution in [-0.2, 0) is 0 Å². The van der Waals surface area contributed by atoms with E-state index in [1.165, 1.54) is 21.6 Å². The lowest BCUT2D eigenvalue weighted by Gasteiger charge is -2.27. The number of nitrogens with zero attached hydrogens (tertiary/aromatic N) is 1. The standard InChI is InChI=1S/C11H12N2OS/c1-7-10-3-2-8(4-11(10)15-13-7)14-9-5-12-6-9/h2-4,9,12H,5-6H2,1H3. The Morgan fingerprint density at radius 2 is 2.33 bits per heavy atom. The van der Waals surface area contributed by atoms with Crippen molar-refractivity contribution in [3.63, 3.8) is 0 Å². The maximum absolute atomic E-state index is 5.78. The molecule has 0 amide bonds. The Bertz CT molecular complexity index is 490. The Labute approximate surface area is 92.2 Å². The van der Waals surface area contributed by atoms with Gasteiger partial charge in [0.05, 0.1) is 10.4 Å². The van der Waals surface area contributed by atoms with Crippen LogP contribution >= 0.6 is 11.5 Å². The molecule has 3 rings (SSSR count). The molecule has 0 saturated carbocycles. The number of aryl methyl sites for hydroxylation is 1. The summed E-state index contributed by atoms with van der Waals surface area (Å²) >= 11 is 1.54. The van der Waals surface area contributed by atoms with Crippen molar-refractivity contribution in [3.05, 3.63) is 23.9 Å². The lowest BCUT2D eigenvalue weighted by Crippen LogP contribution is -2.50. The molecular weight excluding hydrogens is 208 g/mol. The Hall–Kier alpha value is -1.13. The van der Waals surface area contributed by atoms with Crippen molar-refractivity contribution < 1.29 is 4.74 Å². The minimum absolute atomic E-state index is 0.344. The van der Waals surface area contributed by atoms with Gasteiger partial charge in [-0.25, -0.2) is 0 Å². The van der Waals surface area contributed by atoms with Gasteiger partial charge in [-0.3, -0.25) is 0 Å². The molecule has 0 aliphatic carbocycles. The van der Waals surface area contributed by atoms with Gasteiger partial charge in [0.15, 0.2) is 0 Å². The van der Waals surface area contributed by atoms with E-state index in [9.17, 15) is 0 Å². The highest BCUT2D eigenvalue weighted by Gasteiger charge is 2.18. The third kappa shape index (κ3) is 1.60. The van der Waals surface area contributed by atoms with Gasteiger partial charge in [0, 0.05) is 18.5 Å². The molecule has 1 aromatic carbocycles. The van der Waals surface area contributed by atoms with Gasteiger partial charge in [-0.1, -0.05) is 0 Å². The number of hydrogen-bond donors (Lipinski definition) is 1. The molecule has 0 unspecified atom stereocenters. The molecule has 15 heavy (non-hydrogen) atoms. The van der Waals surface area contributed by atoms with Gasteiger partial charge in [-0.2, -0.15) is 4.37 Å². The van der Waals surface area contributed by atoms with Gasteiger partial charge in [0.2, 0.25) is 0 Å². The second-order valence-electron chi connectivity index (χ2n) is 3.82. The Balaban J connectivity index is 1.91. The fourth-order valence-electron chi connectivity index (χ4n) is 1.66. The summed E-state index contributed by atoms with van der Waals surface area (Å²) < 4.78 is 11.3. The van der Waals surface area contributed by atoms with Crippen LogP contribution in [0.1, 0.15) is 5.69 Å². The zero-order valence-corrected chi connectivity index (χ0v) is 9.30. The second kappa shape index (κ2) is 3.47. The van der Waals surface area contributed by atoms with Crippen molar-refractivity contribution in [2.24, 2.45) is 0 Å². The van der Waals surface area contributed by atoms with Crippen LogP contribution < -0.4 is 10.1 Å². The van der Waals surface area contributed by atoms with Crippen LogP contribution in [0.3, 0.4) is 0 Å². The van der Waals surface area contributed by atoms with Gasteiger partial charge in [0.25, 0.3) is 0 Å². The SMILES string of the molecule is Cc1nsc2cc(OC3CNC3)ccc12. The Morgan fingerprint density at radius 3 is 3.07 bits per heavy atom. The molecule has 4 heteroatoms. The number of hydrogen-bond acceptors (Lipinski definition) is 4. The average molecular weight is 220 g/mol. The number of ether oxygens (including phenoxy) is 1. The van der Waals surface area contributed by atoms with E-state index < -0.39 is 0 Å². The summed E-state index contributed by atoms with van der Waals surface area (Å²) in [6.45, 7) is 3.95. The number of nitrogens with one attached hydrogen (secondary N) is 1. The van der Waals surface area contributed by atoms with Gasteiger partial charge in [-0.15, -0.1) is 0 Å². The number of benzene rings is 1. The average Bonchev–Trinajstić information content (AvgIpc) is 2.54. The Kier molecular flexibility index (Phi) is 2.11. The minimum atomic E-state index is 0.344. The molecule has 1 fully saturated rings. The van der Waals surface area contributed by atoms with Crippen molar-refractivity contribution in [1.29, 1.82) is 0 Å². The lowest BCUT2D eigenvalue weighted by molar-refractivity contribution is 0.142. The molecule has 0 bridgehead atoms. The zero-order valence-electron chi connectivity index (χ0n) is 8.49. The highest BCUT2D eigenvalue weighted by atomic mass is 32.1. The van der Waals surface area contributed by atoms with Crippen LogP contribution in [0.2, 0.25) is 0 Å². The van der Waals surface area contributed by atoms with E-state index >= 15 is 0 Å². The molecule has 0 atom stereocenters. The van der Waals surface area contributed by atoms with Crippen LogP contribution in [0.25, 0.3) is 10.1 Å². The van der Waals surface area contributed by atoms with Crippen molar-refractivity contribution in [2.45, 2.75) is 13.0 Å². The largest absolute Gasteiger partial charge is 0.488 e. The highest BCUT2D eigenvalue weighted by Crippen LogP contribution is 2.27. The van der Waals surface area contributed by atoms with Gasteiger partial charge >= 0.3 is 0 Å². The van der Waals surface area contributed by atoms with Crippen LogP contribution in [0.15, 0.2) is 18.2 Å². The molecule has 1 aromatic heterocycles. The van der Waals surface area contributed by atoms with Crippen molar-refractivity contribution >= 4 is 21.6 Å². The van der Waals surface area contributed by atoms with Crippen molar-refractivity contribution in [3.8, 4) is 5.75 Å². The van der Waals surface area contributed by atoms with Crippen molar-refractivity contribution in [2.75, 3.05) is 13.1 Å². The fourth-order valence-corrected chi connectivity index (χ4v) is 2.47. The monoisotopic (exact) mass is 220 g/mol. The number of aromatic nitrogens is 1. The molecular formula is C11H12N2OS. The second-order valence-corrected chi connectivity index (χ2v) is 4.63. The molecule has 1 saturated heterocycles. The Morgan fingerprint density at radius 1 is 1.47 bits per heavy atom. The summed E-state index contributed by atoms with van der Waals surface area (Å²) in [4.78, 5) is 0. The first-order valence-corrected chi connectivity index (χ1v) is 5.84. The zero-order chi connectivity index (χ0) is 10.3. The van der Waals surface area contributed by atoms with Crippen LogP contribution in [-0.4, -0.2) is 23.6 Å². The summed E-state index contributed by atoms with van der Waals surface area (Å²) in [6, 6.07) is 6.20. The van der Waals surface area contributed by atoms with Gasteiger partial charge in [0.1, 0.15) is 11.9 Å². The summed E-state index contributed by atoms with van der Waals surface area (Å²) in [5.74, 6) is 0.956. The molecule has 1 N–H and O–H groups in total. The van der Waals surface area contributed by atoms with Crippen molar-refractivity contribution in [1.82, 2.24) is 9.69 Å². The third-order valence-corrected chi connectivity index (χ3v) is 3.57. The van der Waals surface area contributed by atoms with Crippen LogP contribution in [0, 0.1) is 6.92 Å². The number of rotatable bonds is 2. The van der Waals surface area contributed by atoms with E-state index in [4.69, 9.17) is 4.74 Å². The fraction of sp³-hybridized carbons (Fsp3) is 0.364. The smallest absolute Gasteiger partial charge is 0.123 e. The molecule has 0 radical (unpaired) electrons. The number of fused-ring (bicyclic) bond motifs is 1. The minimum Gasteiger partial charge on any atom is -0.488 e. The predicted octanol–water partition coefficient (Wildman–Crippen LogP) is 1.96. The molecule has 2 aromatic rings. The lowest BCUT2D eigenvalue weighted by atomic mass is 10.2. The summed E-state index contributed by atoms with van der Waals surface area (Å²) in [5, 5.41) is 4.42.